The van der Waals surface area contributed by atoms with E-state index >= 15 is 0 Å². The van der Waals surface area contributed by atoms with Crippen LogP contribution in [0.15, 0.2) is 18.2 Å². The molecule has 0 saturated carbocycles. The van der Waals surface area contributed by atoms with Gasteiger partial charge in [-0.2, -0.15) is 0 Å². The predicted octanol–water partition coefficient (Wildman–Crippen LogP) is 2.63. The number of benzene rings is 1. The van der Waals surface area contributed by atoms with Gasteiger partial charge in [-0.3, -0.25) is 4.79 Å². The summed E-state index contributed by atoms with van der Waals surface area (Å²) in [4.78, 5) is 12.5. The fourth-order valence-electron chi connectivity index (χ4n) is 2.67. The second-order valence-corrected chi connectivity index (χ2v) is 5.58. The molecule has 0 radical (unpaired) electrons. The van der Waals surface area contributed by atoms with Crippen molar-refractivity contribution in [3.63, 3.8) is 0 Å². The number of halogens is 1. The SMILES string of the molecule is CCOc1ccc(C(=O)NC2CCNCC2C)cc1OCC.Cl. The Balaban J connectivity index is 0.00000264. The van der Waals surface area contributed by atoms with Gasteiger partial charge in [-0.15, -0.1) is 12.4 Å². The summed E-state index contributed by atoms with van der Waals surface area (Å²) in [6.45, 7) is 8.99. The van der Waals surface area contributed by atoms with Crippen LogP contribution in [-0.4, -0.2) is 38.3 Å². The van der Waals surface area contributed by atoms with Crippen molar-refractivity contribution in [2.75, 3.05) is 26.3 Å². The second kappa shape index (κ2) is 9.63. The molecule has 5 nitrogen and oxygen atoms in total. The Morgan fingerprint density at radius 3 is 2.61 bits per heavy atom. The largest absolute Gasteiger partial charge is 0.490 e. The Bertz CT molecular complexity index is 511. The van der Waals surface area contributed by atoms with Gasteiger partial charge in [-0.1, -0.05) is 6.92 Å². The second-order valence-electron chi connectivity index (χ2n) is 5.58. The highest BCUT2D eigenvalue weighted by Crippen LogP contribution is 2.28. The minimum Gasteiger partial charge on any atom is -0.490 e. The first-order valence-corrected chi connectivity index (χ1v) is 8.06. The van der Waals surface area contributed by atoms with E-state index in [0.717, 1.165) is 19.5 Å². The average Bonchev–Trinajstić information content (AvgIpc) is 2.51. The van der Waals surface area contributed by atoms with Crippen LogP contribution >= 0.6 is 12.4 Å². The average molecular weight is 343 g/mol. The summed E-state index contributed by atoms with van der Waals surface area (Å²) in [5.74, 6) is 1.68. The van der Waals surface area contributed by atoms with Crippen LogP contribution in [0, 0.1) is 5.92 Å². The Morgan fingerprint density at radius 1 is 1.26 bits per heavy atom. The first-order valence-electron chi connectivity index (χ1n) is 8.06. The molecule has 1 fully saturated rings. The number of ether oxygens (including phenoxy) is 2. The summed E-state index contributed by atoms with van der Waals surface area (Å²) in [5.41, 5.74) is 0.609. The molecule has 1 aliphatic rings. The standard InChI is InChI=1S/C17H26N2O3.ClH/c1-4-21-15-7-6-13(10-16(15)22-5-2)17(20)19-14-8-9-18-11-12(14)3;/h6-7,10,12,14,18H,4-5,8-9,11H2,1-3H3,(H,19,20);1H. The Labute approximate surface area is 144 Å². The Kier molecular flexibility index (Phi) is 8.20. The van der Waals surface area contributed by atoms with Crippen molar-refractivity contribution < 1.29 is 14.3 Å². The third kappa shape index (κ3) is 5.29. The van der Waals surface area contributed by atoms with E-state index in [1.807, 2.05) is 13.8 Å². The molecule has 23 heavy (non-hydrogen) atoms. The third-order valence-electron chi connectivity index (χ3n) is 3.91. The van der Waals surface area contributed by atoms with E-state index in [4.69, 9.17) is 9.47 Å². The molecule has 2 N–H and O–H groups in total. The minimum absolute atomic E-state index is 0. The van der Waals surface area contributed by atoms with Crippen molar-refractivity contribution in [2.24, 2.45) is 5.92 Å². The lowest BCUT2D eigenvalue weighted by molar-refractivity contribution is 0.0913. The van der Waals surface area contributed by atoms with Crippen molar-refractivity contribution in [1.29, 1.82) is 0 Å². The molecule has 0 aromatic heterocycles. The molecule has 1 amide bonds. The zero-order valence-electron chi connectivity index (χ0n) is 14.1. The predicted molar refractivity (Wildman–Crippen MR) is 93.9 cm³/mol. The molecule has 2 unspecified atom stereocenters. The highest BCUT2D eigenvalue weighted by molar-refractivity contribution is 5.95. The van der Waals surface area contributed by atoms with Crippen LogP contribution in [0.5, 0.6) is 11.5 Å². The van der Waals surface area contributed by atoms with Crippen molar-refractivity contribution in [3.05, 3.63) is 23.8 Å². The van der Waals surface area contributed by atoms with E-state index in [1.165, 1.54) is 0 Å². The normalized spacial score (nSPS) is 20.3. The van der Waals surface area contributed by atoms with Crippen molar-refractivity contribution in [3.8, 4) is 11.5 Å². The highest BCUT2D eigenvalue weighted by atomic mass is 35.5. The molecule has 2 rings (SSSR count). The number of hydrogen-bond donors (Lipinski definition) is 2. The van der Waals surface area contributed by atoms with E-state index in [0.29, 0.717) is 36.2 Å². The number of hydrogen-bond acceptors (Lipinski definition) is 4. The van der Waals surface area contributed by atoms with Crippen LogP contribution in [0.3, 0.4) is 0 Å². The maximum atomic E-state index is 12.5. The molecule has 1 heterocycles. The summed E-state index contributed by atoms with van der Waals surface area (Å²) in [6, 6.07) is 5.57. The number of amides is 1. The molecule has 0 spiro atoms. The quantitative estimate of drug-likeness (QED) is 0.834. The lowest BCUT2D eigenvalue weighted by Crippen LogP contribution is -2.48. The zero-order chi connectivity index (χ0) is 15.9. The van der Waals surface area contributed by atoms with E-state index in [2.05, 4.69) is 17.6 Å². The summed E-state index contributed by atoms with van der Waals surface area (Å²) in [6.07, 6.45) is 0.961. The number of carbonyl (C=O) groups is 1. The molecule has 0 bridgehead atoms. The fraction of sp³-hybridized carbons (Fsp3) is 0.588. The lowest BCUT2D eigenvalue weighted by atomic mass is 9.95. The van der Waals surface area contributed by atoms with Gasteiger partial charge in [0, 0.05) is 11.6 Å². The minimum atomic E-state index is -0.0530. The van der Waals surface area contributed by atoms with Gasteiger partial charge in [-0.25, -0.2) is 0 Å². The molecule has 1 aromatic carbocycles. The lowest BCUT2D eigenvalue weighted by Gasteiger charge is -2.30. The molecular formula is C17H27ClN2O3. The number of piperidine rings is 1. The van der Waals surface area contributed by atoms with Gasteiger partial charge >= 0.3 is 0 Å². The van der Waals surface area contributed by atoms with Crippen LogP contribution < -0.4 is 20.1 Å². The molecule has 130 valence electrons. The van der Waals surface area contributed by atoms with E-state index in [-0.39, 0.29) is 24.4 Å². The smallest absolute Gasteiger partial charge is 0.251 e. The fourth-order valence-corrected chi connectivity index (χ4v) is 2.67. The summed E-state index contributed by atoms with van der Waals surface area (Å²) < 4.78 is 11.1. The number of rotatable bonds is 6. The van der Waals surface area contributed by atoms with Gasteiger partial charge in [-0.05, 0) is 57.5 Å². The number of carbonyl (C=O) groups excluding carboxylic acids is 1. The monoisotopic (exact) mass is 342 g/mol. The summed E-state index contributed by atoms with van der Waals surface area (Å²) in [7, 11) is 0. The van der Waals surface area contributed by atoms with Crippen LogP contribution in [0.4, 0.5) is 0 Å². The van der Waals surface area contributed by atoms with Gasteiger partial charge in [0.05, 0.1) is 13.2 Å². The molecule has 6 heteroatoms. The van der Waals surface area contributed by atoms with Gasteiger partial charge < -0.3 is 20.1 Å². The summed E-state index contributed by atoms with van der Waals surface area (Å²) in [5, 5.41) is 6.47. The Hall–Kier alpha value is -1.46. The van der Waals surface area contributed by atoms with Gasteiger partial charge in [0.15, 0.2) is 11.5 Å². The maximum Gasteiger partial charge on any atom is 0.251 e. The molecule has 1 aromatic rings. The molecular weight excluding hydrogens is 316 g/mol. The third-order valence-corrected chi connectivity index (χ3v) is 3.91. The van der Waals surface area contributed by atoms with Crippen LogP contribution in [0.1, 0.15) is 37.6 Å². The van der Waals surface area contributed by atoms with Gasteiger partial charge in [0.25, 0.3) is 5.91 Å². The van der Waals surface area contributed by atoms with Crippen LogP contribution in [0.25, 0.3) is 0 Å². The van der Waals surface area contributed by atoms with Crippen LogP contribution in [0.2, 0.25) is 0 Å². The molecule has 2 atom stereocenters. The topological polar surface area (TPSA) is 59.6 Å². The maximum absolute atomic E-state index is 12.5. The van der Waals surface area contributed by atoms with Gasteiger partial charge in [0.1, 0.15) is 0 Å². The van der Waals surface area contributed by atoms with Crippen molar-refractivity contribution in [1.82, 2.24) is 10.6 Å². The van der Waals surface area contributed by atoms with Crippen molar-refractivity contribution in [2.45, 2.75) is 33.2 Å². The molecule has 1 saturated heterocycles. The molecule has 0 aliphatic carbocycles. The van der Waals surface area contributed by atoms with Gasteiger partial charge in [0.2, 0.25) is 0 Å². The first-order chi connectivity index (χ1) is 10.7. The van der Waals surface area contributed by atoms with E-state index in [9.17, 15) is 4.79 Å². The van der Waals surface area contributed by atoms with E-state index in [1.54, 1.807) is 18.2 Å². The highest BCUT2D eigenvalue weighted by Gasteiger charge is 2.23. The van der Waals surface area contributed by atoms with Crippen molar-refractivity contribution >= 4 is 18.3 Å². The molecule has 1 aliphatic heterocycles. The number of nitrogens with one attached hydrogen (secondary N) is 2. The van der Waals surface area contributed by atoms with E-state index < -0.39 is 0 Å². The Morgan fingerprint density at radius 2 is 1.96 bits per heavy atom. The van der Waals surface area contributed by atoms with Crippen LogP contribution in [-0.2, 0) is 0 Å². The first kappa shape index (κ1) is 19.6. The zero-order valence-corrected chi connectivity index (χ0v) is 14.9. The summed E-state index contributed by atoms with van der Waals surface area (Å²) >= 11 is 0.